The Morgan fingerprint density at radius 1 is 1.19 bits per heavy atom. The van der Waals surface area contributed by atoms with Gasteiger partial charge in [-0.15, -0.1) is 5.10 Å². The smallest absolute Gasteiger partial charge is 0.190 e. The van der Waals surface area contributed by atoms with Crippen molar-refractivity contribution in [3.05, 3.63) is 48.3 Å². The Bertz CT molecular complexity index is 787. The van der Waals surface area contributed by atoms with Crippen LogP contribution < -0.4 is 10.5 Å². The zero-order valence-electron chi connectivity index (χ0n) is 11.2. The van der Waals surface area contributed by atoms with Crippen molar-refractivity contribution in [2.45, 2.75) is 0 Å². The van der Waals surface area contributed by atoms with E-state index in [4.69, 9.17) is 10.5 Å². The number of halogens is 1. The van der Waals surface area contributed by atoms with Crippen molar-refractivity contribution in [2.75, 3.05) is 12.8 Å². The van der Waals surface area contributed by atoms with Crippen LogP contribution in [0.1, 0.15) is 0 Å². The average Bonchev–Trinajstić information content (AvgIpc) is 2.96. The maximum absolute atomic E-state index is 13.4. The van der Waals surface area contributed by atoms with E-state index in [-0.39, 0.29) is 5.82 Å². The van der Waals surface area contributed by atoms with Gasteiger partial charge in [0.15, 0.2) is 11.6 Å². The molecule has 7 heteroatoms. The summed E-state index contributed by atoms with van der Waals surface area (Å²) < 4.78 is 20.1. The summed E-state index contributed by atoms with van der Waals surface area (Å²) in [6.07, 6.45) is 0. The number of benzene rings is 2. The molecule has 106 valence electrons. The minimum atomic E-state index is -0.367. The quantitative estimate of drug-likeness (QED) is 0.745. The number of nitrogen functional groups attached to an aromatic ring is 1. The van der Waals surface area contributed by atoms with Crippen molar-refractivity contribution in [3.8, 4) is 22.8 Å². The Labute approximate surface area is 120 Å². The molecule has 2 aromatic carbocycles. The second kappa shape index (κ2) is 5.20. The van der Waals surface area contributed by atoms with Crippen molar-refractivity contribution in [2.24, 2.45) is 0 Å². The number of methoxy groups -OCH3 is 1. The van der Waals surface area contributed by atoms with Gasteiger partial charge in [0.25, 0.3) is 0 Å². The number of tetrazole rings is 1. The van der Waals surface area contributed by atoms with Gasteiger partial charge < -0.3 is 10.5 Å². The van der Waals surface area contributed by atoms with Crippen LogP contribution in [0.2, 0.25) is 0 Å². The van der Waals surface area contributed by atoms with Crippen LogP contribution in [0.4, 0.5) is 10.1 Å². The minimum Gasteiger partial charge on any atom is -0.494 e. The van der Waals surface area contributed by atoms with Gasteiger partial charge >= 0.3 is 0 Å². The van der Waals surface area contributed by atoms with Gasteiger partial charge in [-0.1, -0.05) is 12.1 Å². The lowest BCUT2D eigenvalue weighted by atomic mass is 10.1. The zero-order valence-corrected chi connectivity index (χ0v) is 11.2. The molecule has 0 bridgehead atoms. The molecule has 0 atom stereocenters. The van der Waals surface area contributed by atoms with Crippen LogP contribution in [-0.4, -0.2) is 27.3 Å². The first-order chi connectivity index (χ1) is 10.2. The highest BCUT2D eigenvalue weighted by Gasteiger charge is 2.17. The normalized spacial score (nSPS) is 10.6. The summed E-state index contributed by atoms with van der Waals surface area (Å²) in [7, 11) is 1.52. The van der Waals surface area contributed by atoms with E-state index >= 15 is 0 Å². The molecule has 3 aromatic rings. The molecule has 3 rings (SSSR count). The summed E-state index contributed by atoms with van der Waals surface area (Å²) in [5.74, 6) is 0.531. The molecular weight excluding hydrogens is 273 g/mol. The number of ether oxygens (including phenoxy) is 1. The Morgan fingerprint density at radius 2 is 2.00 bits per heavy atom. The molecule has 0 fully saturated rings. The van der Waals surface area contributed by atoms with Crippen LogP contribution >= 0.6 is 0 Å². The fraction of sp³-hybridized carbons (Fsp3) is 0.0714. The molecule has 1 aromatic heterocycles. The number of nitrogens with zero attached hydrogens (tertiary/aromatic N) is 4. The minimum absolute atomic E-state index is 0.367. The third kappa shape index (κ3) is 2.29. The van der Waals surface area contributed by atoms with E-state index in [1.807, 2.05) is 0 Å². The van der Waals surface area contributed by atoms with Crippen molar-refractivity contribution < 1.29 is 9.13 Å². The SMILES string of the molecule is COc1c(N)cccc1-c1nnnn1-c1cccc(F)c1. The average molecular weight is 285 g/mol. The van der Waals surface area contributed by atoms with Crippen molar-refractivity contribution >= 4 is 5.69 Å². The molecule has 21 heavy (non-hydrogen) atoms. The Balaban J connectivity index is 2.18. The predicted molar refractivity (Wildman–Crippen MR) is 75.5 cm³/mol. The first-order valence-electron chi connectivity index (χ1n) is 6.18. The van der Waals surface area contributed by atoms with Gasteiger partial charge in [-0.25, -0.2) is 4.39 Å². The molecule has 0 aliphatic rings. The second-order valence-electron chi connectivity index (χ2n) is 4.32. The third-order valence-electron chi connectivity index (χ3n) is 3.01. The largest absolute Gasteiger partial charge is 0.494 e. The molecule has 6 nitrogen and oxygen atoms in total. The number of para-hydroxylation sites is 1. The van der Waals surface area contributed by atoms with E-state index in [1.165, 1.54) is 23.9 Å². The van der Waals surface area contributed by atoms with Gasteiger partial charge in [0.2, 0.25) is 0 Å². The second-order valence-corrected chi connectivity index (χ2v) is 4.32. The van der Waals surface area contributed by atoms with E-state index in [9.17, 15) is 4.39 Å². The van der Waals surface area contributed by atoms with Gasteiger partial charge in [0.1, 0.15) is 5.82 Å². The first-order valence-corrected chi connectivity index (χ1v) is 6.18. The molecular formula is C14H12FN5O. The van der Waals surface area contributed by atoms with E-state index < -0.39 is 0 Å². The maximum atomic E-state index is 13.4. The highest BCUT2D eigenvalue weighted by Crippen LogP contribution is 2.33. The highest BCUT2D eigenvalue weighted by molar-refractivity contribution is 5.73. The van der Waals surface area contributed by atoms with Gasteiger partial charge in [-0.2, -0.15) is 4.68 Å². The van der Waals surface area contributed by atoms with Crippen LogP contribution in [0.25, 0.3) is 17.1 Å². The van der Waals surface area contributed by atoms with Crippen LogP contribution in [-0.2, 0) is 0 Å². The number of anilines is 1. The molecule has 1 heterocycles. The standard InChI is InChI=1S/C14H12FN5O/c1-21-13-11(6-3-7-12(13)16)14-17-18-19-20(14)10-5-2-4-9(15)8-10/h2-8H,16H2,1H3. The summed E-state index contributed by atoms with van der Waals surface area (Å²) in [5.41, 5.74) is 7.51. The van der Waals surface area contributed by atoms with Crippen LogP contribution in [0.15, 0.2) is 42.5 Å². The summed E-state index contributed by atoms with van der Waals surface area (Å²) in [4.78, 5) is 0. The highest BCUT2D eigenvalue weighted by atomic mass is 19.1. The van der Waals surface area contributed by atoms with Gasteiger partial charge in [0.05, 0.1) is 24.0 Å². The molecule has 0 saturated heterocycles. The number of hydrogen-bond donors (Lipinski definition) is 1. The molecule has 0 aliphatic carbocycles. The van der Waals surface area contributed by atoms with Crippen LogP contribution in [0.5, 0.6) is 5.75 Å². The maximum Gasteiger partial charge on any atom is 0.190 e. The number of hydrogen-bond acceptors (Lipinski definition) is 5. The Kier molecular flexibility index (Phi) is 3.23. The van der Waals surface area contributed by atoms with E-state index in [2.05, 4.69) is 15.5 Å². The third-order valence-corrected chi connectivity index (χ3v) is 3.01. The Hall–Kier alpha value is -2.96. The molecule has 0 radical (unpaired) electrons. The van der Waals surface area contributed by atoms with Gasteiger partial charge in [0, 0.05) is 0 Å². The lowest BCUT2D eigenvalue weighted by molar-refractivity contribution is 0.418. The molecule has 0 saturated carbocycles. The fourth-order valence-corrected chi connectivity index (χ4v) is 2.10. The number of nitrogens with two attached hydrogens (primary N) is 1. The number of aromatic nitrogens is 4. The van der Waals surface area contributed by atoms with Crippen molar-refractivity contribution in [1.82, 2.24) is 20.2 Å². The lowest BCUT2D eigenvalue weighted by Gasteiger charge is -2.10. The lowest BCUT2D eigenvalue weighted by Crippen LogP contribution is -2.02. The van der Waals surface area contributed by atoms with E-state index in [1.54, 1.807) is 30.3 Å². The molecule has 2 N–H and O–H groups in total. The summed E-state index contributed by atoms with van der Waals surface area (Å²) in [5, 5.41) is 11.5. The summed E-state index contributed by atoms with van der Waals surface area (Å²) >= 11 is 0. The molecule has 0 spiro atoms. The van der Waals surface area contributed by atoms with Crippen molar-refractivity contribution in [1.29, 1.82) is 0 Å². The van der Waals surface area contributed by atoms with Crippen molar-refractivity contribution in [3.63, 3.8) is 0 Å². The number of rotatable bonds is 3. The van der Waals surface area contributed by atoms with E-state index in [0.717, 1.165) is 0 Å². The molecule has 0 unspecified atom stereocenters. The topological polar surface area (TPSA) is 78.8 Å². The first kappa shape index (κ1) is 13.0. The van der Waals surface area contributed by atoms with Gasteiger partial charge in [-0.05, 0) is 40.8 Å². The monoisotopic (exact) mass is 285 g/mol. The fourth-order valence-electron chi connectivity index (χ4n) is 2.10. The van der Waals surface area contributed by atoms with Crippen LogP contribution in [0.3, 0.4) is 0 Å². The van der Waals surface area contributed by atoms with E-state index in [0.29, 0.717) is 28.5 Å². The molecule has 0 aliphatic heterocycles. The van der Waals surface area contributed by atoms with Crippen LogP contribution in [0, 0.1) is 5.82 Å². The molecule has 0 amide bonds. The predicted octanol–water partition coefficient (Wildman–Crippen LogP) is 2.06. The summed E-state index contributed by atoms with van der Waals surface area (Å²) in [6.45, 7) is 0. The summed E-state index contributed by atoms with van der Waals surface area (Å²) in [6, 6.07) is 11.3. The Morgan fingerprint density at radius 3 is 2.76 bits per heavy atom. The zero-order chi connectivity index (χ0) is 14.8. The van der Waals surface area contributed by atoms with Gasteiger partial charge in [-0.3, -0.25) is 0 Å².